The van der Waals surface area contributed by atoms with E-state index in [9.17, 15) is 9.59 Å². The summed E-state index contributed by atoms with van der Waals surface area (Å²) >= 11 is 7.30. The first kappa shape index (κ1) is 16.7. The second-order valence-electron chi connectivity index (χ2n) is 5.23. The van der Waals surface area contributed by atoms with Gasteiger partial charge in [0.1, 0.15) is 5.75 Å². The third-order valence-corrected chi connectivity index (χ3v) is 5.19. The molecule has 0 radical (unpaired) electrons. The molecule has 7 heteroatoms. The first-order chi connectivity index (χ1) is 11.5. The predicted molar refractivity (Wildman–Crippen MR) is 95.6 cm³/mol. The van der Waals surface area contributed by atoms with Crippen LogP contribution in [-0.4, -0.2) is 24.2 Å². The molecule has 5 nitrogen and oxygen atoms in total. The number of rotatable bonds is 4. The largest absolute Gasteiger partial charge is 0.495 e. The lowest BCUT2D eigenvalue weighted by molar-refractivity contribution is -0.121. The number of nitrogens with zero attached hydrogens (tertiary/aromatic N) is 1. The molecule has 3 rings (SSSR count). The first-order valence-corrected chi connectivity index (χ1v) is 8.48. The van der Waals surface area contributed by atoms with Crippen LogP contribution in [0.5, 0.6) is 5.75 Å². The highest BCUT2D eigenvalue weighted by atomic mass is 35.5. The summed E-state index contributed by atoms with van der Waals surface area (Å²) in [6, 6.07) is 12.1. The van der Waals surface area contributed by atoms with E-state index in [4.69, 9.17) is 22.1 Å². The molecule has 2 amide bonds. The smallest absolute Gasteiger partial charge is 0.247 e. The zero-order valence-electron chi connectivity index (χ0n) is 12.9. The maximum Gasteiger partial charge on any atom is 0.247 e. The van der Waals surface area contributed by atoms with Crippen molar-refractivity contribution in [2.24, 2.45) is 0 Å². The number of benzene rings is 2. The zero-order chi connectivity index (χ0) is 17.3. The van der Waals surface area contributed by atoms with Crippen molar-refractivity contribution in [2.45, 2.75) is 16.6 Å². The molecule has 1 fully saturated rings. The molecule has 2 N–H and O–H groups in total. The van der Waals surface area contributed by atoms with E-state index >= 15 is 0 Å². The highest BCUT2D eigenvalue weighted by Crippen LogP contribution is 2.39. The van der Waals surface area contributed by atoms with Gasteiger partial charge in [-0.1, -0.05) is 23.7 Å². The monoisotopic (exact) mass is 362 g/mol. The van der Waals surface area contributed by atoms with E-state index in [1.54, 1.807) is 24.3 Å². The standard InChI is InChI=1S/C17H15ClN2O3S/c1-23-13-7-6-10(18)8-12(13)20-16(21)9-15(17(20)22)24-14-5-3-2-4-11(14)19/h2-8,15H,9,19H2,1H3/t15-/m1/s1. The van der Waals surface area contributed by atoms with Crippen molar-refractivity contribution in [1.29, 1.82) is 0 Å². The lowest BCUT2D eigenvalue weighted by Gasteiger charge is -2.18. The predicted octanol–water partition coefficient (Wildman–Crippen LogP) is 3.36. The minimum Gasteiger partial charge on any atom is -0.495 e. The Morgan fingerprint density at radius 1 is 1.25 bits per heavy atom. The van der Waals surface area contributed by atoms with Gasteiger partial charge in [-0.2, -0.15) is 0 Å². The maximum atomic E-state index is 12.8. The van der Waals surface area contributed by atoms with Gasteiger partial charge in [0.15, 0.2) is 0 Å². The van der Waals surface area contributed by atoms with Crippen LogP contribution in [0.2, 0.25) is 5.02 Å². The van der Waals surface area contributed by atoms with Gasteiger partial charge in [0.2, 0.25) is 11.8 Å². The molecule has 1 heterocycles. The van der Waals surface area contributed by atoms with Crippen LogP contribution in [0.1, 0.15) is 6.42 Å². The number of carbonyl (C=O) groups excluding carboxylic acids is 2. The molecule has 24 heavy (non-hydrogen) atoms. The fourth-order valence-electron chi connectivity index (χ4n) is 2.53. The van der Waals surface area contributed by atoms with Crippen LogP contribution in [0.15, 0.2) is 47.4 Å². The molecule has 2 aromatic carbocycles. The third-order valence-electron chi connectivity index (χ3n) is 3.68. The lowest BCUT2D eigenvalue weighted by atomic mass is 10.2. The summed E-state index contributed by atoms with van der Waals surface area (Å²) in [6.45, 7) is 0. The molecule has 1 saturated heterocycles. The summed E-state index contributed by atoms with van der Waals surface area (Å²) in [4.78, 5) is 27.1. The summed E-state index contributed by atoms with van der Waals surface area (Å²) in [5.74, 6) is -0.160. The normalized spacial score (nSPS) is 17.4. The minimum absolute atomic E-state index is 0.105. The zero-order valence-corrected chi connectivity index (χ0v) is 14.4. The van der Waals surface area contributed by atoms with E-state index in [0.717, 1.165) is 9.80 Å². The van der Waals surface area contributed by atoms with Crippen molar-refractivity contribution in [1.82, 2.24) is 0 Å². The molecule has 2 aromatic rings. The number of imide groups is 1. The maximum absolute atomic E-state index is 12.8. The average molecular weight is 363 g/mol. The first-order valence-electron chi connectivity index (χ1n) is 7.22. The van der Waals surface area contributed by atoms with Crippen LogP contribution in [0.4, 0.5) is 11.4 Å². The van der Waals surface area contributed by atoms with E-state index in [0.29, 0.717) is 22.1 Å². The van der Waals surface area contributed by atoms with Gasteiger partial charge in [-0.3, -0.25) is 9.59 Å². The fraction of sp³-hybridized carbons (Fsp3) is 0.176. The van der Waals surface area contributed by atoms with Crippen LogP contribution in [0.3, 0.4) is 0 Å². The van der Waals surface area contributed by atoms with Crippen LogP contribution in [0, 0.1) is 0 Å². The Hall–Kier alpha value is -2.18. The van der Waals surface area contributed by atoms with Gasteiger partial charge < -0.3 is 10.5 Å². The van der Waals surface area contributed by atoms with Crippen molar-refractivity contribution in [2.75, 3.05) is 17.7 Å². The van der Waals surface area contributed by atoms with E-state index in [2.05, 4.69) is 0 Å². The van der Waals surface area contributed by atoms with Crippen LogP contribution in [-0.2, 0) is 9.59 Å². The Morgan fingerprint density at radius 3 is 2.71 bits per heavy atom. The van der Waals surface area contributed by atoms with Crippen molar-refractivity contribution in [3.63, 3.8) is 0 Å². The molecule has 0 bridgehead atoms. The average Bonchev–Trinajstić information content (AvgIpc) is 2.83. The summed E-state index contributed by atoms with van der Waals surface area (Å²) in [6.07, 6.45) is 0.105. The number of carbonyl (C=O) groups is 2. The SMILES string of the molecule is COc1ccc(Cl)cc1N1C(=O)C[C@@H](Sc2ccccc2N)C1=O. The van der Waals surface area contributed by atoms with Gasteiger partial charge in [-0.25, -0.2) is 4.90 Å². The van der Waals surface area contributed by atoms with Crippen LogP contribution >= 0.6 is 23.4 Å². The van der Waals surface area contributed by atoms with E-state index < -0.39 is 5.25 Å². The molecular weight excluding hydrogens is 348 g/mol. The molecule has 1 atom stereocenters. The lowest BCUT2D eigenvalue weighted by Crippen LogP contribution is -2.31. The quantitative estimate of drug-likeness (QED) is 0.667. The number of nitrogens with two attached hydrogens (primary N) is 1. The fourth-order valence-corrected chi connectivity index (χ4v) is 3.79. The van der Waals surface area contributed by atoms with Gasteiger partial charge in [-0.15, -0.1) is 11.8 Å². The topological polar surface area (TPSA) is 72.6 Å². The van der Waals surface area contributed by atoms with Crippen molar-refractivity contribution in [3.05, 3.63) is 47.5 Å². The number of anilines is 2. The number of ether oxygens (including phenoxy) is 1. The molecule has 0 saturated carbocycles. The Bertz CT molecular complexity index is 812. The molecule has 0 aliphatic carbocycles. The van der Waals surface area contributed by atoms with Gasteiger partial charge in [-0.05, 0) is 30.3 Å². The highest BCUT2D eigenvalue weighted by molar-refractivity contribution is 8.00. The second kappa shape index (κ2) is 6.75. The van der Waals surface area contributed by atoms with Gasteiger partial charge in [0, 0.05) is 22.0 Å². The molecule has 0 spiro atoms. The van der Waals surface area contributed by atoms with Crippen LogP contribution in [0.25, 0.3) is 0 Å². The molecule has 124 valence electrons. The Balaban J connectivity index is 1.90. The Labute approximate surface area is 148 Å². The Kier molecular flexibility index (Phi) is 4.69. The molecule has 0 unspecified atom stereocenters. The van der Waals surface area contributed by atoms with Gasteiger partial charge in [0.05, 0.1) is 18.0 Å². The molecule has 1 aliphatic heterocycles. The molecule has 1 aliphatic rings. The number of para-hydroxylation sites is 1. The number of thioether (sulfide) groups is 1. The third kappa shape index (κ3) is 3.07. The summed E-state index contributed by atoms with van der Waals surface area (Å²) in [7, 11) is 1.48. The van der Waals surface area contributed by atoms with Gasteiger partial charge in [0.25, 0.3) is 0 Å². The summed E-state index contributed by atoms with van der Waals surface area (Å²) in [5.41, 5.74) is 6.87. The summed E-state index contributed by atoms with van der Waals surface area (Å²) in [5, 5.41) is -0.0966. The number of hydrogen-bond acceptors (Lipinski definition) is 5. The van der Waals surface area contributed by atoms with E-state index in [1.165, 1.54) is 18.9 Å². The molecular formula is C17H15ClN2O3S. The van der Waals surface area contributed by atoms with Crippen LogP contribution < -0.4 is 15.4 Å². The van der Waals surface area contributed by atoms with Crippen molar-refractivity contribution >= 4 is 46.6 Å². The summed E-state index contributed by atoms with van der Waals surface area (Å²) < 4.78 is 5.25. The van der Waals surface area contributed by atoms with Crippen molar-refractivity contribution < 1.29 is 14.3 Å². The number of amides is 2. The van der Waals surface area contributed by atoms with Gasteiger partial charge >= 0.3 is 0 Å². The number of hydrogen-bond donors (Lipinski definition) is 1. The van der Waals surface area contributed by atoms with E-state index in [1.807, 2.05) is 18.2 Å². The Morgan fingerprint density at radius 2 is 2.00 bits per heavy atom. The highest BCUT2D eigenvalue weighted by Gasteiger charge is 2.41. The minimum atomic E-state index is -0.522. The second-order valence-corrected chi connectivity index (χ2v) is 6.91. The van der Waals surface area contributed by atoms with Crippen molar-refractivity contribution in [3.8, 4) is 5.75 Å². The van der Waals surface area contributed by atoms with E-state index in [-0.39, 0.29) is 18.2 Å². The number of methoxy groups -OCH3 is 1. The molecule has 0 aromatic heterocycles. The number of halogens is 1. The number of nitrogen functional groups attached to an aromatic ring is 1.